The number of fused-ring (bicyclic) bond motifs is 2. The lowest BCUT2D eigenvalue weighted by Gasteiger charge is -2.10. The van der Waals surface area contributed by atoms with Crippen LogP contribution in [0.1, 0.15) is 15.9 Å². The number of hydrogen-bond donors (Lipinski definition) is 1. The highest BCUT2D eigenvalue weighted by atomic mass is 16.5. The van der Waals surface area contributed by atoms with Crippen LogP contribution in [0.4, 0.5) is 5.69 Å². The number of carbonyl (C=O) groups is 2. The quantitative estimate of drug-likeness (QED) is 0.742. The lowest BCUT2D eigenvalue weighted by Crippen LogP contribution is -2.20. The fourth-order valence-corrected chi connectivity index (χ4v) is 2.87. The number of amides is 1. The van der Waals surface area contributed by atoms with E-state index >= 15 is 0 Å². The van der Waals surface area contributed by atoms with Crippen molar-refractivity contribution in [2.45, 2.75) is 6.61 Å². The highest BCUT2D eigenvalue weighted by Crippen LogP contribution is 2.25. The summed E-state index contributed by atoms with van der Waals surface area (Å²) in [5.74, 6) is 0.0755. The molecule has 0 unspecified atom stereocenters. The molecule has 0 aliphatic carbocycles. The molecule has 124 valence electrons. The Hall–Kier alpha value is -3.34. The number of esters is 1. The van der Waals surface area contributed by atoms with Gasteiger partial charge >= 0.3 is 5.97 Å². The lowest BCUT2D eigenvalue weighted by molar-refractivity contribution is -0.118. The second kappa shape index (κ2) is 6.28. The fourth-order valence-electron chi connectivity index (χ4n) is 2.87. The normalized spacial score (nSPS) is 12.6. The average molecular weight is 333 g/mol. The standard InChI is InChI=1S/C20H15NO4/c22-19(21-15-8-9-17-14(10-15)11-25-20(17)23)12-24-18-7-3-5-13-4-1-2-6-16(13)18/h1-10H,11-12H2,(H,21,22). The molecule has 0 spiro atoms. The van der Waals surface area contributed by atoms with Gasteiger partial charge in [0.2, 0.25) is 0 Å². The number of carbonyl (C=O) groups excluding carboxylic acids is 2. The summed E-state index contributed by atoms with van der Waals surface area (Å²) in [6.45, 7) is 0.144. The third-order valence-electron chi connectivity index (χ3n) is 4.08. The molecule has 25 heavy (non-hydrogen) atoms. The van der Waals surface area contributed by atoms with Gasteiger partial charge < -0.3 is 14.8 Å². The van der Waals surface area contributed by atoms with E-state index in [1.165, 1.54) is 0 Å². The number of benzene rings is 3. The molecule has 3 aromatic rings. The zero-order valence-electron chi connectivity index (χ0n) is 13.3. The molecule has 0 bridgehead atoms. The van der Waals surface area contributed by atoms with Gasteiger partial charge in [0, 0.05) is 16.6 Å². The van der Waals surface area contributed by atoms with Crippen LogP contribution in [-0.4, -0.2) is 18.5 Å². The first-order valence-corrected chi connectivity index (χ1v) is 7.91. The molecule has 5 heteroatoms. The maximum atomic E-state index is 12.2. The van der Waals surface area contributed by atoms with Gasteiger partial charge in [-0.2, -0.15) is 0 Å². The molecule has 0 aromatic heterocycles. The Kier molecular flexibility index (Phi) is 3.82. The summed E-state index contributed by atoms with van der Waals surface area (Å²) in [6, 6.07) is 18.7. The molecule has 4 rings (SSSR count). The largest absolute Gasteiger partial charge is 0.483 e. The Morgan fingerprint density at radius 2 is 1.92 bits per heavy atom. The highest BCUT2D eigenvalue weighted by molar-refractivity contribution is 5.96. The molecule has 1 aliphatic rings. The number of nitrogens with one attached hydrogen (secondary N) is 1. The first kappa shape index (κ1) is 15.2. The van der Waals surface area contributed by atoms with Crippen molar-refractivity contribution in [2.24, 2.45) is 0 Å². The van der Waals surface area contributed by atoms with E-state index in [4.69, 9.17) is 9.47 Å². The van der Waals surface area contributed by atoms with E-state index < -0.39 is 0 Å². The molecule has 1 aliphatic heterocycles. The van der Waals surface area contributed by atoms with Crippen molar-refractivity contribution >= 4 is 28.3 Å². The van der Waals surface area contributed by atoms with Gasteiger partial charge in [-0.05, 0) is 29.7 Å². The van der Waals surface area contributed by atoms with Crippen molar-refractivity contribution in [1.82, 2.24) is 0 Å². The molecule has 1 N–H and O–H groups in total. The minimum absolute atomic E-state index is 0.0967. The Bertz CT molecular complexity index is 975. The van der Waals surface area contributed by atoms with Gasteiger partial charge in [0.15, 0.2) is 6.61 Å². The molecule has 0 radical (unpaired) electrons. The molecular weight excluding hydrogens is 318 g/mol. The Morgan fingerprint density at radius 3 is 2.84 bits per heavy atom. The number of hydrogen-bond acceptors (Lipinski definition) is 4. The molecule has 5 nitrogen and oxygen atoms in total. The van der Waals surface area contributed by atoms with Crippen LogP contribution in [0.5, 0.6) is 5.75 Å². The van der Waals surface area contributed by atoms with E-state index in [1.54, 1.807) is 18.2 Å². The van der Waals surface area contributed by atoms with Crippen molar-refractivity contribution < 1.29 is 19.1 Å². The molecule has 0 saturated carbocycles. The van der Waals surface area contributed by atoms with E-state index in [1.807, 2.05) is 42.5 Å². The van der Waals surface area contributed by atoms with Gasteiger partial charge in [0.1, 0.15) is 12.4 Å². The summed E-state index contributed by atoms with van der Waals surface area (Å²) in [6.07, 6.45) is 0. The van der Waals surface area contributed by atoms with E-state index in [9.17, 15) is 9.59 Å². The van der Waals surface area contributed by atoms with Crippen molar-refractivity contribution in [3.8, 4) is 5.75 Å². The summed E-state index contributed by atoms with van der Waals surface area (Å²) in [7, 11) is 0. The second-order valence-corrected chi connectivity index (χ2v) is 5.76. The predicted octanol–water partition coefficient (Wildman–Crippen LogP) is 3.53. The van der Waals surface area contributed by atoms with Crippen LogP contribution in [0.15, 0.2) is 60.7 Å². The summed E-state index contributed by atoms with van der Waals surface area (Å²) < 4.78 is 10.6. The van der Waals surface area contributed by atoms with Crippen LogP contribution in [0.2, 0.25) is 0 Å². The van der Waals surface area contributed by atoms with E-state index in [0.717, 1.165) is 16.3 Å². The molecule has 1 heterocycles. The lowest BCUT2D eigenvalue weighted by atomic mass is 10.1. The van der Waals surface area contributed by atoms with Gasteiger partial charge in [-0.25, -0.2) is 4.79 Å². The topological polar surface area (TPSA) is 64.6 Å². The third kappa shape index (κ3) is 3.04. The Morgan fingerprint density at radius 1 is 1.08 bits per heavy atom. The summed E-state index contributed by atoms with van der Waals surface area (Å²) in [4.78, 5) is 23.6. The molecule has 3 aromatic carbocycles. The Balaban J connectivity index is 1.43. The highest BCUT2D eigenvalue weighted by Gasteiger charge is 2.21. The van der Waals surface area contributed by atoms with E-state index in [2.05, 4.69) is 5.32 Å². The Labute approximate surface area is 144 Å². The summed E-state index contributed by atoms with van der Waals surface area (Å²) in [5.41, 5.74) is 1.94. The minimum Gasteiger partial charge on any atom is -0.483 e. The number of anilines is 1. The van der Waals surface area contributed by atoms with Gasteiger partial charge in [-0.1, -0.05) is 36.4 Å². The molecule has 0 saturated heterocycles. The van der Waals surface area contributed by atoms with Gasteiger partial charge in [-0.15, -0.1) is 0 Å². The molecule has 0 fully saturated rings. The number of rotatable bonds is 4. The van der Waals surface area contributed by atoms with Crippen molar-refractivity contribution in [1.29, 1.82) is 0 Å². The summed E-state index contributed by atoms with van der Waals surface area (Å²) >= 11 is 0. The van der Waals surface area contributed by atoms with Gasteiger partial charge in [0.05, 0.1) is 5.56 Å². The first-order valence-electron chi connectivity index (χ1n) is 7.91. The fraction of sp³-hybridized carbons (Fsp3) is 0.100. The van der Waals surface area contributed by atoms with Crippen LogP contribution < -0.4 is 10.1 Å². The van der Waals surface area contributed by atoms with E-state index in [-0.39, 0.29) is 25.1 Å². The average Bonchev–Trinajstić information content (AvgIpc) is 3.00. The van der Waals surface area contributed by atoms with Crippen molar-refractivity contribution in [3.63, 3.8) is 0 Å². The van der Waals surface area contributed by atoms with Gasteiger partial charge in [0.25, 0.3) is 5.91 Å². The van der Waals surface area contributed by atoms with Crippen LogP contribution in [0.3, 0.4) is 0 Å². The third-order valence-corrected chi connectivity index (χ3v) is 4.08. The van der Waals surface area contributed by atoms with Crippen LogP contribution in [0.25, 0.3) is 10.8 Å². The molecule has 1 amide bonds. The van der Waals surface area contributed by atoms with Crippen LogP contribution >= 0.6 is 0 Å². The van der Waals surface area contributed by atoms with Crippen molar-refractivity contribution in [2.75, 3.05) is 11.9 Å². The van der Waals surface area contributed by atoms with E-state index in [0.29, 0.717) is 17.0 Å². The van der Waals surface area contributed by atoms with Crippen LogP contribution in [-0.2, 0) is 16.1 Å². The predicted molar refractivity (Wildman–Crippen MR) is 93.6 cm³/mol. The molecular formula is C20H15NO4. The first-order chi connectivity index (χ1) is 12.2. The maximum absolute atomic E-state index is 12.2. The van der Waals surface area contributed by atoms with Gasteiger partial charge in [-0.3, -0.25) is 4.79 Å². The zero-order chi connectivity index (χ0) is 17.2. The SMILES string of the molecule is O=C(COc1cccc2ccccc12)Nc1ccc2c(c1)COC2=O. The van der Waals surface area contributed by atoms with Crippen molar-refractivity contribution in [3.05, 3.63) is 71.8 Å². The smallest absolute Gasteiger partial charge is 0.338 e. The number of cyclic esters (lactones) is 1. The second-order valence-electron chi connectivity index (χ2n) is 5.76. The minimum atomic E-state index is -0.327. The number of ether oxygens (including phenoxy) is 2. The summed E-state index contributed by atoms with van der Waals surface area (Å²) in [5, 5.41) is 4.80. The monoisotopic (exact) mass is 333 g/mol. The molecule has 0 atom stereocenters. The maximum Gasteiger partial charge on any atom is 0.338 e. The van der Waals surface area contributed by atoms with Crippen LogP contribution in [0, 0.1) is 0 Å². The zero-order valence-corrected chi connectivity index (χ0v) is 13.3.